The molecule has 0 saturated heterocycles. The molecule has 1 aliphatic heterocycles. The number of nitrogens with one attached hydrogen (secondary N) is 1. The van der Waals surface area contributed by atoms with E-state index >= 15 is 0 Å². The van der Waals surface area contributed by atoms with Crippen LogP contribution in [-0.2, 0) is 29.5 Å². The standard InChI is InChI=1S/C26H26N6O3S.2ClH/c1-18-26(19(2)35-30-18)36(33,34)32-14-22-10-21(12-27)8-9-25(22)31(15-23-13-28-17-29-23)16-24(32)11-20-6-4-3-5-7-20;;/h3-10,13,17,24H,11,14-16H2,1-2H3,(H,28,29);2*1H/t24-;;/m1../s1. The molecule has 1 atom stereocenters. The van der Waals surface area contributed by atoms with Crippen molar-refractivity contribution in [3.8, 4) is 6.07 Å². The summed E-state index contributed by atoms with van der Waals surface area (Å²) in [5.41, 5.74) is 4.40. The number of sulfonamides is 1. The molecule has 1 aliphatic rings. The lowest BCUT2D eigenvalue weighted by Gasteiger charge is -2.32. The van der Waals surface area contributed by atoms with Gasteiger partial charge in [-0.25, -0.2) is 13.4 Å². The largest absolute Gasteiger partial charge is 0.364 e. The van der Waals surface area contributed by atoms with Crippen LogP contribution in [0.3, 0.4) is 0 Å². The fraction of sp³-hybridized carbons (Fsp3) is 0.269. The molecule has 0 spiro atoms. The summed E-state index contributed by atoms with van der Waals surface area (Å²) in [5, 5.41) is 13.4. The van der Waals surface area contributed by atoms with Gasteiger partial charge in [-0.05, 0) is 49.6 Å². The zero-order chi connectivity index (χ0) is 25.3. The molecule has 1 N–H and O–H groups in total. The highest BCUT2D eigenvalue weighted by Crippen LogP contribution is 2.35. The van der Waals surface area contributed by atoms with Crippen LogP contribution >= 0.6 is 24.8 Å². The van der Waals surface area contributed by atoms with Gasteiger partial charge in [0, 0.05) is 31.0 Å². The van der Waals surface area contributed by atoms with Crippen LogP contribution in [0, 0.1) is 25.2 Å². The van der Waals surface area contributed by atoms with Crippen molar-refractivity contribution in [2.45, 2.75) is 44.3 Å². The lowest BCUT2D eigenvalue weighted by molar-refractivity contribution is 0.317. The van der Waals surface area contributed by atoms with Crippen molar-refractivity contribution in [3.63, 3.8) is 0 Å². The van der Waals surface area contributed by atoms with Gasteiger partial charge in [0.25, 0.3) is 0 Å². The van der Waals surface area contributed by atoms with E-state index in [2.05, 4.69) is 26.1 Å². The van der Waals surface area contributed by atoms with Crippen LogP contribution in [0.4, 0.5) is 5.69 Å². The molecule has 0 aliphatic carbocycles. The van der Waals surface area contributed by atoms with Gasteiger partial charge in [-0.15, -0.1) is 24.8 Å². The normalized spacial score (nSPS) is 15.5. The predicted octanol–water partition coefficient (Wildman–Crippen LogP) is 4.55. The molecule has 0 bridgehead atoms. The van der Waals surface area contributed by atoms with Crippen LogP contribution in [0.5, 0.6) is 0 Å². The molecule has 9 nitrogen and oxygen atoms in total. The number of halogens is 2. The van der Waals surface area contributed by atoms with Crippen molar-refractivity contribution in [1.82, 2.24) is 19.4 Å². The lowest BCUT2D eigenvalue weighted by Crippen LogP contribution is -2.45. The second-order valence-electron chi connectivity index (χ2n) is 8.96. The van der Waals surface area contributed by atoms with Gasteiger partial charge in [0.05, 0.1) is 30.2 Å². The van der Waals surface area contributed by atoms with Gasteiger partial charge in [-0.1, -0.05) is 35.5 Å². The SMILES string of the molecule is Cc1noc(C)c1S(=O)(=O)N1Cc2cc(C#N)ccc2N(Cc2cnc[nH]2)C[C@H]1Cc1ccccc1.Cl.Cl. The Labute approximate surface area is 234 Å². The van der Waals surface area contributed by atoms with E-state index in [0.29, 0.717) is 30.8 Å². The summed E-state index contributed by atoms with van der Waals surface area (Å²) in [6.45, 7) is 4.33. The van der Waals surface area contributed by atoms with E-state index in [1.54, 1.807) is 42.8 Å². The molecule has 0 unspecified atom stereocenters. The first kappa shape index (κ1) is 29.2. The molecule has 12 heteroatoms. The first-order valence-electron chi connectivity index (χ1n) is 11.6. The van der Waals surface area contributed by atoms with Gasteiger partial charge in [0.1, 0.15) is 10.6 Å². The van der Waals surface area contributed by atoms with Crippen molar-refractivity contribution < 1.29 is 12.9 Å². The van der Waals surface area contributed by atoms with E-state index in [9.17, 15) is 13.7 Å². The first-order valence-corrected chi connectivity index (χ1v) is 13.0. The van der Waals surface area contributed by atoms with Gasteiger partial charge < -0.3 is 14.4 Å². The van der Waals surface area contributed by atoms with Crippen LogP contribution in [0.2, 0.25) is 0 Å². The van der Waals surface area contributed by atoms with E-state index in [4.69, 9.17) is 4.52 Å². The molecule has 4 aromatic rings. The average Bonchev–Trinajstić information content (AvgIpc) is 3.47. The Bertz CT molecular complexity index is 1500. The van der Waals surface area contributed by atoms with E-state index in [-0.39, 0.29) is 42.0 Å². The predicted molar refractivity (Wildman–Crippen MR) is 148 cm³/mol. The van der Waals surface area contributed by atoms with Crippen molar-refractivity contribution in [1.29, 1.82) is 5.26 Å². The topological polar surface area (TPSA) is 119 Å². The summed E-state index contributed by atoms with van der Waals surface area (Å²) in [7, 11) is -3.97. The fourth-order valence-corrected chi connectivity index (χ4v) is 6.74. The summed E-state index contributed by atoms with van der Waals surface area (Å²) < 4.78 is 35.1. The molecular formula is C26H28Cl2N6O3S. The minimum absolute atomic E-state index is 0. The van der Waals surface area contributed by atoms with Crippen molar-refractivity contribution in [3.05, 3.63) is 94.9 Å². The number of aromatic amines is 1. The monoisotopic (exact) mass is 574 g/mol. The minimum Gasteiger partial charge on any atom is -0.364 e. The smallest absolute Gasteiger partial charge is 0.249 e. The minimum atomic E-state index is -3.97. The maximum atomic E-state index is 14.2. The number of rotatable bonds is 6. The number of fused-ring (bicyclic) bond motifs is 1. The van der Waals surface area contributed by atoms with Crippen LogP contribution in [0.25, 0.3) is 0 Å². The summed E-state index contributed by atoms with van der Waals surface area (Å²) in [5.74, 6) is 0.260. The number of hydrogen-bond acceptors (Lipinski definition) is 7. The Morgan fingerprint density at radius 1 is 1.16 bits per heavy atom. The van der Waals surface area contributed by atoms with Gasteiger partial charge >= 0.3 is 0 Å². The number of imidazole rings is 1. The molecular weight excluding hydrogens is 547 g/mol. The maximum absolute atomic E-state index is 14.2. The highest BCUT2D eigenvalue weighted by Gasteiger charge is 2.39. The Morgan fingerprint density at radius 2 is 1.92 bits per heavy atom. The molecule has 200 valence electrons. The summed E-state index contributed by atoms with van der Waals surface area (Å²) in [4.78, 5) is 9.53. The molecule has 0 saturated carbocycles. The Morgan fingerprint density at radius 3 is 2.55 bits per heavy atom. The van der Waals surface area contributed by atoms with E-state index < -0.39 is 16.1 Å². The second-order valence-corrected chi connectivity index (χ2v) is 10.8. The second kappa shape index (κ2) is 12.0. The quantitative estimate of drug-likeness (QED) is 0.358. The van der Waals surface area contributed by atoms with Gasteiger partial charge in [0.15, 0.2) is 5.76 Å². The van der Waals surface area contributed by atoms with Gasteiger partial charge in [-0.3, -0.25) is 0 Å². The number of benzene rings is 2. The maximum Gasteiger partial charge on any atom is 0.249 e. The lowest BCUT2D eigenvalue weighted by atomic mass is 10.1. The third-order valence-corrected chi connectivity index (χ3v) is 8.62. The Kier molecular flexibility index (Phi) is 9.22. The van der Waals surface area contributed by atoms with Crippen molar-refractivity contribution in [2.24, 2.45) is 0 Å². The third-order valence-electron chi connectivity index (χ3n) is 6.48. The molecule has 5 rings (SSSR count). The zero-order valence-corrected chi connectivity index (χ0v) is 23.3. The van der Waals surface area contributed by atoms with Crippen molar-refractivity contribution >= 4 is 40.5 Å². The van der Waals surface area contributed by atoms with Crippen LogP contribution in [0.15, 0.2) is 70.5 Å². The Hall–Kier alpha value is -3.36. The van der Waals surface area contributed by atoms with Crippen LogP contribution < -0.4 is 4.90 Å². The van der Waals surface area contributed by atoms with Gasteiger partial charge in [0.2, 0.25) is 10.0 Å². The van der Waals surface area contributed by atoms with E-state index in [1.807, 2.05) is 36.4 Å². The summed E-state index contributed by atoms with van der Waals surface area (Å²) in [6.07, 6.45) is 3.91. The van der Waals surface area contributed by atoms with E-state index in [1.165, 1.54) is 0 Å². The number of nitrogens with zero attached hydrogens (tertiary/aromatic N) is 5. The highest BCUT2D eigenvalue weighted by molar-refractivity contribution is 7.89. The van der Waals surface area contributed by atoms with Crippen LogP contribution in [-0.4, -0.2) is 40.4 Å². The summed E-state index contributed by atoms with van der Waals surface area (Å²) in [6, 6.07) is 17.1. The molecule has 2 aromatic heterocycles. The number of hydrogen-bond donors (Lipinski definition) is 1. The Balaban J connectivity index is 0.00000200. The van der Waals surface area contributed by atoms with Crippen molar-refractivity contribution in [2.75, 3.05) is 11.4 Å². The van der Waals surface area contributed by atoms with E-state index in [0.717, 1.165) is 22.5 Å². The molecule has 0 amide bonds. The molecule has 2 aromatic carbocycles. The summed E-state index contributed by atoms with van der Waals surface area (Å²) >= 11 is 0. The number of anilines is 1. The number of aromatic nitrogens is 3. The average molecular weight is 576 g/mol. The van der Waals surface area contributed by atoms with Gasteiger partial charge in [-0.2, -0.15) is 9.57 Å². The number of nitriles is 1. The molecule has 0 fully saturated rings. The first-order chi connectivity index (χ1) is 17.4. The fourth-order valence-electron chi connectivity index (χ4n) is 4.85. The highest BCUT2D eigenvalue weighted by atomic mass is 35.5. The zero-order valence-electron chi connectivity index (χ0n) is 20.9. The third kappa shape index (κ3) is 5.71. The molecule has 3 heterocycles. The molecule has 38 heavy (non-hydrogen) atoms. The number of H-pyrrole nitrogens is 1. The number of aryl methyl sites for hydroxylation is 2. The molecule has 0 radical (unpaired) electrons. The van der Waals surface area contributed by atoms with Crippen LogP contribution in [0.1, 0.15) is 33.8 Å².